The zero-order valence-electron chi connectivity index (χ0n) is 17.1. The lowest BCUT2D eigenvalue weighted by Crippen LogP contribution is -2.51. The highest BCUT2D eigenvalue weighted by Gasteiger charge is 2.74. The second kappa shape index (κ2) is 7.16. The number of anilines is 1. The molecule has 3 atom stereocenters. The van der Waals surface area contributed by atoms with Crippen molar-refractivity contribution in [2.24, 2.45) is 11.8 Å². The summed E-state index contributed by atoms with van der Waals surface area (Å²) < 4.78 is 7.19. The van der Waals surface area contributed by atoms with E-state index >= 15 is 0 Å². The molecular weight excluding hydrogens is 533 g/mol. The molecule has 2 amide bonds. The molecule has 3 aliphatic rings. The number of ether oxygens (including phenoxy) is 1. The molecule has 6 rings (SSSR count). The average Bonchev–Trinajstić information content (AvgIpc) is 3.40. The van der Waals surface area contributed by atoms with Gasteiger partial charge >= 0.3 is 0 Å². The van der Waals surface area contributed by atoms with Crippen molar-refractivity contribution >= 4 is 51.7 Å². The Hall–Kier alpha value is -3.17. The van der Waals surface area contributed by atoms with E-state index in [2.05, 4.69) is 22.6 Å². The van der Waals surface area contributed by atoms with E-state index in [-0.39, 0.29) is 11.1 Å². The molecule has 162 valence electrons. The van der Waals surface area contributed by atoms with Crippen molar-refractivity contribution in [1.29, 1.82) is 0 Å². The van der Waals surface area contributed by atoms with Crippen LogP contribution in [0.5, 0.6) is 0 Å². The zero-order chi connectivity index (χ0) is 22.9. The third-order valence-electron chi connectivity index (χ3n) is 6.71. The molecule has 7 heteroatoms. The topological polar surface area (TPSA) is 80.8 Å². The monoisotopic (exact) mass is 549 g/mol. The molecule has 0 radical (unpaired) electrons. The third kappa shape index (κ3) is 2.63. The lowest BCUT2D eigenvalue weighted by molar-refractivity contribution is -0.127. The van der Waals surface area contributed by atoms with Gasteiger partial charge in [0.1, 0.15) is 0 Å². The van der Waals surface area contributed by atoms with Gasteiger partial charge in [-0.3, -0.25) is 19.2 Å². The van der Waals surface area contributed by atoms with E-state index in [1.54, 1.807) is 60.7 Å². The van der Waals surface area contributed by atoms with E-state index in [0.29, 0.717) is 11.3 Å². The minimum absolute atomic E-state index is 0.225. The molecule has 33 heavy (non-hydrogen) atoms. The van der Waals surface area contributed by atoms with Gasteiger partial charge in [0.25, 0.3) is 0 Å². The molecule has 2 saturated heterocycles. The Morgan fingerprint density at radius 3 is 2.03 bits per heavy atom. The smallest absolute Gasteiger partial charge is 0.241 e. The van der Waals surface area contributed by atoms with E-state index in [9.17, 15) is 19.2 Å². The number of hydrogen-bond donors (Lipinski definition) is 0. The summed E-state index contributed by atoms with van der Waals surface area (Å²) in [5.74, 6) is -4.38. The Balaban J connectivity index is 1.56. The van der Waals surface area contributed by atoms with E-state index in [4.69, 9.17) is 4.74 Å². The highest BCUT2D eigenvalue weighted by atomic mass is 127. The molecule has 2 heterocycles. The quantitative estimate of drug-likeness (QED) is 0.275. The number of carbonyl (C=O) groups excluding carboxylic acids is 4. The van der Waals surface area contributed by atoms with Crippen LogP contribution in [0.15, 0.2) is 78.9 Å². The van der Waals surface area contributed by atoms with Crippen LogP contribution in [0.25, 0.3) is 0 Å². The van der Waals surface area contributed by atoms with Gasteiger partial charge in [-0.2, -0.15) is 0 Å². The second-order valence-electron chi connectivity index (χ2n) is 8.38. The number of hydrogen-bond acceptors (Lipinski definition) is 5. The Morgan fingerprint density at radius 1 is 0.758 bits per heavy atom. The number of amides is 2. The van der Waals surface area contributed by atoms with Crippen LogP contribution in [0.4, 0.5) is 5.69 Å². The number of imide groups is 1. The van der Waals surface area contributed by atoms with E-state index < -0.39 is 46.9 Å². The van der Waals surface area contributed by atoms with Gasteiger partial charge in [0.2, 0.25) is 29.0 Å². The predicted molar refractivity (Wildman–Crippen MR) is 127 cm³/mol. The van der Waals surface area contributed by atoms with Crippen molar-refractivity contribution < 1.29 is 23.9 Å². The Kier molecular flexibility index (Phi) is 4.44. The molecule has 1 aliphatic carbocycles. The maximum absolute atomic E-state index is 13.8. The fraction of sp³-hybridized carbons (Fsp3) is 0.154. The van der Waals surface area contributed by atoms with Crippen LogP contribution >= 0.6 is 22.6 Å². The van der Waals surface area contributed by atoms with E-state index in [1.807, 2.05) is 18.2 Å². The van der Waals surface area contributed by atoms with Crippen molar-refractivity contribution in [3.8, 4) is 0 Å². The first kappa shape index (κ1) is 20.4. The number of para-hydroxylation sites is 1. The van der Waals surface area contributed by atoms with Crippen molar-refractivity contribution in [2.75, 3.05) is 4.90 Å². The van der Waals surface area contributed by atoms with E-state index in [0.717, 1.165) is 8.47 Å². The largest absolute Gasteiger partial charge is 0.349 e. The minimum atomic E-state index is -2.05. The maximum Gasteiger partial charge on any atom is 0.241 e. The SMILES string of the molecule is O=C1[C@@H]2[C@@H](c3cccc(I)c3)OC3(C(=O)c4ccccc4C3=O)[C@H]2C(=O)N1c1ccccc1. The van der Waals surface area contributed by atoms with Crippen LogP contribution in [0.1, 0.15) is 32.4 Å². The summed E-state index contributed by atoms with van der Waals surface area (Å²) in [7, 11) is 0. The first-order valence-corrected chi connectivity index (χ1v) is 11.6. The van der Waals surface area contributed by atoms with Crippen molar-refractivity contribution in [2.45, 2.75) is 11.7 Å². The lowest BCUT2D eigenvalue weighted by Gasteiger charge is -2.27. The molecule has 1 spiro atoms. The van der Waals surface area contributed by atoms with Gasteiger partial charge in [-0.1, -0.05) is 54.6 Å². The number of halogens is 1. The number of Topliss-reactive ketones (excluding diaryl/α,β-unsaturated/α-hetero) is 2. The summed E-state index contributed by atoms with van der Waals surface area (Å²) in [4.78, 5) is 55.9. The van der Waals surface area contributed by atoms with Gasteiger partial charge in [-0.05, 0) is 52.4 Å². The molecule has 0 N–H and O–H groups in total. The molecule has 0 unspecified atom stereocenters. The number of ketones is 2. The van der Waals surface area contributed by atoms with Crippen molar-refractivity contribution in [1.82, 2.24) is 0 Å². The number of rotatable bonds is 2. The van der Waals surface area contributed by atoms with Crippen LogP contribution in [0, 0.1) is 15.4 Å². The van der Waals surface area contributed by atoms with Gasteiger partial charge in [0, 0.05) is 14.7 Å². The Morgan fingerprint density at radius 2 is 1.39 bits per heavy atom. The average molecular weight is 549 g/mol. The first-order chi connectivity index (χ1) is 15.9. The summed E-state index contributed by atoms with van der Waals surface area (Å²) >= 11 is 2.15. The number of nitrogens with zero attached hydrogens (tertiary/aromatic N) is 1. The number of carbonyl (C=O) groups is 4. The number of fused-ring (bicyclic) bond motifs is 3. The highest BCUT2D eigenvalue weighted by Crippen LogP contribution is 2.57. The fourth-order valence-electron chi connectivity index (χ4n) is 5.33. The summed E-state index contributed by atoms with van der Waals surface area (Å²) in [6.45, 7) is 0. The van der Waals surface area contributed by atoms with Crippen LogP contribution in [-0.4, -0.2) is 29.0 Å². The summed E-state index contributed by atoms with van der Waals surface area (Å²) in [5, 5.41) is 0. The molecular formula is C26H16INO5. The summed E-state index contributed by atoms with van der Waals surface area (Å²) in [5.41, 5.74) is -0.530. The van der Waals surface area contributed by atoms with Crippen molar-refractivity contribution in [3.05, 3.63) is 99.1 Å². The van der Waals surface area contributed by atoms with Gasteiger partial charge in [-0.25, -0.2) is 4.90 Å². The fourth-order valence-corrected chi connectivity index (χ4v) is 5.90. The van der Waals surface area contributed by atoms with Gasteiger partial charge < -0.3 is 4.74 Å². The molecule has 0 bridgehead atoms. The summed E-state index contributed by atoms with van der Waals surface area (Å²) in [6, 6.07) is 22.4. The standard InChI is InChI=1S/C26H16INO5/c27-15-8-6-7-14(13-15)21-19-20(25(32)28(24(19)31)16-9-2-1-3-10-16)26(33-21)22(29)17-11-4-5-12-18(17)23(26)30/h1-13,19-21H/t19-,20+,21+/m0/s1. The second-order valence-corrected chi connectivity index (χ2v) is 9.63. The van der Waals surface area contributed by atoms with Gasteiger partial charge in [0.05, 0.1) is 23.6 Å². The molecule has 3 aromatic carbocycles. The van der Waals surface area contributed by atoms with Crippen LogP contribution < -0.4 is 4.90 Å². The molecule has 2 fully saturated rings. The minimum Gasteiger partial charge on any atom is -0.349 e. The Labute approximate surface area is 202 Å². The third-order valence-corrected chi connectivity index (χ3v) is 7.38. The van der Waals surface area contributed by atoms with E-state index in [1.165, 1.54) is 0 Å². The van der Waals surface area contributed by atoms with Crippen LogP contribution in [0.3, 0.4) is 0 Å². The van der Waals surface area contributed by atoms with Gasteiger partial charge in [0.15, 0.2) is 0 Å². The van der Waals surface area contributed by atoms with Crippen LogP contribution in [-0.2, 0) is 14.3 Å². The lowest BCUT2D eigenvalue weighted by atomic mass is 9.77. The van der Waals surface area contributed by atoms with Crippen molar-refractivity contribution in [3.63, 3.8) is 0 Å². The molecule has 3 aromatic rings. The maximum atomic E-state index is 13.8. The molecule has 0 saturated carbocycles. The normalized spacial score (nSPS) is 25.1. The molecule has 0 aromatic heterocycles. The predicted octanol–water partition coefficient (Wildman–Crippen LogP) is 3.99. The molecule has 6 nitrogen and oxygen atoms in total. The number of benzene rings is 3. The van der Waals surface area contributed by atoms with Crippen LogP contribution in [0.2, 0.25) is 0 Å². The zero-order valence-corrected chi connectivity index (χ0v) is 19.3. The van der Waals surface area contributed by atoms with Gasteiger partial charge in [-0.15, -0.1) is 0 Å². The first-order valence-electron chi connectivity index (χ1n) is 10.5. The Bertz CT molecular complexity index is 1330. The highest BCUT2D eigenvalue weighted by molar-refractivity contribution is 14.1. The summed E-state index contributed by atoms with van der Waals surface area (Å²) in [6.07, 6.45) is -0.905. The molecule has 2 aliphatic heterocycles.